The molecule has 0 amide bonds. The van der Waals surface area contributed by atoms with Crippen LogP contribution in [0.1, 0.15) is 53.1 Å². The van der Waals surface area contributed by atoms with Crippen LogP contribution in [0.4, 0.5) is 0 Å². The number of nitrogens with two attached hydrogens (primary N) is 1. The molecule has 0 aliphatic rings. The molecule has 0 radical (unpaired) electrons. The number of hydrogen-bond donors (Lipinski definition) is 2. The number of aryl methyl sites for hydroxylation is 2. The van der Waals surface area contributed by atoms with Gasteiger partial charge in [-0.25, -0.2) is 0 Å². The van der Waals surface area contributed by atoms with E-state index in [0.717, 1.165) is 12.0 Å². The molecule has 0 aliphatic carbocycles. The lowest BCUT2D eigenvalue weighted by molar-refractivity contribution is 0.464. The predicted octanol–water partition coefficient (Wildman–Crippen LogP) is 4.60. The third-order valence-corrected chi connectivity index (χ3v) is 4.09. The van der Waals surface area contributed by atoms with Gasteiger partial charge in [-0.15, -0.1) is 12.4 Å². The van der Waals surface area contributed by atoms with E-state index in [0.29, 0.717) is 18.2 Å². The summed E-state index contributed by atoms with van der Waals surface area (Å²) in [6.07, 6.45) is 0.891. The summed E-state index contributed by atoms with van der Waals surface area (Å²) in [4.78, 5) is 0. The maximum absolute atomic E-state index is 9.94. The fraction of sp³-hybridized carbons (Fsp3) is 0.368. The Kier molecular flexibility index (Phi) is 6.46. The van der Waals surface area contributed by atoms with Gasteiger partial charge in [-0.1, -0.05) is 38.1 Å². The molecule has 0 unspecified atom stereocenters. The minimum atomic E-state index is 0. The second-order valence-electron chi connectivity index (χ2n) is 6.14. The molecule has 3 N–H and O–H groups in total. The third-order valence-electron chi connectivity index (χ3n) is 4.09. The first kappa shape index (κ1) is 18.5. The molecular weight excluding hydrogens is 294 g/mol. The monoisotopic (exact) mass is 319 g/mol. The Morgan fingerprint density at radius 2 is 1.59 bits per heavy atom. The molecule has 0 atom stereocenters. The van der Waals surface area contributed by atoms with Crippen molar-refractivity contribution in [2.24, 2.45) is 5.73 Å². The van der Waals surface area contributed by atoms with E-state index in [9.17, 15) is 5.11 Å². The van der Waals surface area contributed by atoms with Crippen molar-refractivity contribution in [3.63, 3.8) is 0 Å². The highest BCUT2D eigenvalue weighted by molar-refractivity contribution is 5.85. The lowest BCUT2D eigenvalue weighted by Crippen LogP contribution is -2.02. The summed E-state index contributed by atoms with van der Waals surface area (Å²) in [5.41, 5.74) is 13.1. The van der Waals surface area contributed by atoms with Gasteiger partial charge in [0.1, 0.15) is 5.75 Å². The fourth-order valence-electron chi connectivity index (χ4n) is 2.86. The molecule has 0 saturated carbocycles. The summed E-state index contributed by atoms with van der Waals surface area (Å²) < 4.78 is 0. The average Bonchev–Trinajstić information content (AvgIpc) is 2.43. The molecule has 120 valence electrons. The van der Waals surface area contributed by atoms with Gasteiger partial charge in [0.15, 0.2) is 0 Å². The zero-order valence-electron chi connectivity index (χ0n) is 13.8. The van der Waals surface area contributed by atoms with Gasteiger partial charge in [0.2, 0.25) is 0 Å². The van der Waals surface area contributed by atoms with Crippen LogP contribution in [0.3, 0.4) is 0 Å². The van der Waals surface area contributed by atoms with Crippen LogP contribution in [0.5, 0.6) is 5.75 Å². The molecule has 0 spiro atoms. The van der Waals surface area contributed by atoms with Gasteiger partial charge in [0.25, 0.3) is 0 Å². The number of rotatable bonds is 4. The van der Waals surface area contributed by atoms with Gasteiger partial charge in [0.05, 0.1) is 0 Å². The van der Waals surface area contributed by atoms with Crippen molar-refractivity contribution >= 4 is 12.4 Å². The minimum absolute atomic E-state index is 0. The Morgan fingerprint density at radius 1 is 1.00 bits per heavy atom. The van der Waals surface area contributed by atoms with E-state index in [1.165, 1.54) is 27.8 Å². The van der Waals surface area contributed by atoms with Crippen LogP contribution in [-0.4, -0.2) is 5.11 Å². The Labute approximate surface area is 139 Å². The van der Waals surface area contributed by atoms with Crippen molar-refractivity contribution in [3.05, 3.63) is 63.7 Å². The fourth-order valence-corrected chi connectivity index (χ4v) is 2.86. The lowest BCUT2D eigenvalue weighted by atomic mass is 9.92. The molecule has 2 rings (SSSR count). The van der Waals surface area contributed by atoms with Crippen LogP contribution in [0.25, 0.3) is 0 Å². The molecule has 0 heterocycles. The Hall–Kier alpha value is -1.51. The third kappa shape index (κ3) is 4.02. The van der Waals surface area contributed by atoms with E-state index >= 15 is 0 Å². The maximum Gasteiger partial charge on any atom is 0.119 e. The van der Waals surface area contributed by atoms with Gasteiger partial charge < -0.3 is 10.8 Å². The lowest BCUT2D eigenvalue weighted by Gasteiger charge is -2.14. The van der Waals surface area contributed by atoms with Crippen LogP contribution in [-0.2, 0) is 13.0 Å². The quantitative estimate of drug-likeness (QED) is 0.864. The van der Waals surface area contributed by atoms with Gasteiger partial charge in [-0.05, 0) is 65.6 Å². The zero-order valence-corrected chi connectivity index (χ0v) is 14.6. The van der Waals surface area contributed by atoms with Crippen molar-refractivity contribution in [2.45, 2.75) is 46.6 Å². The van der Waals surface area contributed by atoms with Gasteiger partial charge >= 0.3 is 0 Å². The molecule has 0 bridgehead atoms. The first-order valence-corrected chi connectivity index (χ1v) is 7.53. The van der Waals surface area contributed by atoms with Crippen LogP contribution in [0.2, 0.25) is 0 Å². The van der Waals surface area contributed by atoms with E-state index in [4.69, 9.17) is 5.73 Å². The van der Waals surface area contributed by atoms with Crippen LogP contribution in [0.15, 0.2) is 30.3 Å². The van der Waals surface area contributed by atoms with Crippen LogP contribution < -0.4 is 5.73 Å². The van der Waals surface area contributed by atoms with Gasteiger partial charge in [-0.2, -0.15) is 0 Å². The molecule has 0 aromatic heterocycles. The van der Waals surface area contributed by atoms with Crippen molar-refractivity contribution in [1.82, 2.24) is 0 Å². The molecule has 2 aromatic rings. The number of phenols is 1. The number of halogens is 1. The highest BCUT2D eigenvalue weighted by Gasteiger charge is 2.10. The number of aromatic hydroxyl groups is 1. The summed E-state index contributed by atoms with van der Waals surface area (Å²) in [7, 11) is 0. The number of phenolic OH excluding ortho intramolecular Hbond substituents is 1. The van der Waals surface area contributed by atoms with Crippen LogP contribution >= 0.6 is 12.4 Å². The maximum atomic E-state index is 9.94. The Morgan fingerprint density at radius 3 is 2.09 bits per heavy atom. The summed E-state index contributed by atoms with van der Waals surface area (Å²) in [5, 5.41) is 9.94. The Bertz CT molecular complexity index is 627. The number of hydrogen-bond acceptors (Lipinski definition) is 2. The molecule has 0 aliphatic heterocycles. The standard InChI is InChI=1S/C19H25NO.ClH/c1-12(2)17-9-15(5-6-19(17)21)10-18-13(3)7-16(11-20)8-14(18)4;/h5-9,12,21H,10-11,20H2,1-4H3;1H. The second kappa shape index (κ2) is 7.66. The first-order chi connectivity index (χ1) is 9.92. The SMILES string of the molecule is Cc1cc(CN)cc(C)c1Cc1ccc(O)c(C(C)C)c1.Cl. The molecule has 0 saturated heterocycles. The first-order valence-electron chi connectivity index (χ1n) is 7.53. The van der Waals surface area contributed by atoms with Crippen molar-refractivity contribution in [3.8, 4) is 5.75 Å². The molecule has 22 heavy (non-hydrogen) atoms. The normalized spacial score (nSPS) is 10.6. The van der Waals surface area contributed by atoms with E-state index in [1.807, 2.05) is 12.1 Å². The van der Waals surface area contributed by atoms with Gasteiger partial charge in [-0.3, -0.25) is 0 Å². The summed E-state index contributed by atoms with van der Waals surface area (Å²) >= 11 is 0. The van der Waals surface area contributed by atoms with E-state index < -0.39 is 0 Å². The molecule has 2 nitrogen and oxygen atoms in total. The largest absolute Gasteiger partial charge is 0.508 e. The van der Waals surface area contributed by atoms with E-state index in [-0.39, 0.29) is 12.4 Å². The molecule has 0 fully saturated rings. The highest BCUT2D eigenvalue weighted by Crippen LogP contribution is 2.28. The van der Waals surface area contributed by atoms with E-state index in [2.05, 4.69) is 45.9 Å². The van der Waals surface area contributed by atoms with Crippen molar-refractivity contribution < 1.29 is 5.11 Å². The topological polar surface area (TPSA) is 46.2 Å². The summed E-state index contributed by atoms with van der Waals surface area (Å²) in [5.74, 6) is 0.715. The molecule has 2 aromatic carbocycles. The Balaban J connectivity index is 0.00000242. The number of benzene rings is 2. The van der Waals surface area contributed by atoms with Crippen LogP contribution in [0, 0.1) is 13.8 Å². The zero-order chi connectivity index (χ0) is 15.6. The van der Waals surface area contributed by atoms with E-state index in [1.54, 1.807) is 0 Å². The average molecular weight is 320 g/mol. The second-order valence-corrected chi connectivity index (χ2v) is 6.14. The van der Waals surface area contributed by atoms with Crippen molar-refractivity contribution in [2.75, 3.05) is 0 Å². The minimum Gasteiger partial charge on any atom is -0.508 e. The summed E-state index contributed by atoms with van der Waals surface area (Å²) in [6, 6.07) is 10.3. The predicted molar refractivity (Wildman–Crippen MR) is 96.1 cm³/mol. The highest BCUT2D eigenvalue weighted by atomic mass is 35.5. The van der Waals surface area contributed by atoms with Crippen molar-refractivity contribution in [1.29, 1.82) is 0 Å². The molecular formula is C19H26ClNO. The smallest absolute Gasteiger partial charge is 0.119 e. The van der Waals surface area contributed by atoms with Gasteiger partial charge in [0, 0.05) is 6.54 Å². The summed E-state index contributed by atoms with van der Waals surface area (Å²) in [6.45, 7) is 9.08. The molecule has 3 heteroatoms.